The predicted molar refractivity (Wildman–Crippen MR) is 135 cm³/mol. The molecule has 33 heavy (non-hydrogen) atoms. The first-order valence-corrected chi connectivity index (χ1v) is 11.6. The van der Waals surface area contributed by atoms with Crippen LogP contribution < -0.4 is 15.4 Å². The van der Waals surface area contributed by atoms with Crippen molar-refractivity contribution < 1.29 is 14.3 Å². The van der Waals surface area contributed by atoms with Crippen molar-refractivity contribution in [1.82, 2.24) is 4.98 Å². The van der Waals surface area contributed by atoms with Gasteiger partial charge < -0.3 is 15.4 Å². The zero-order chi connectivity index (χ0) is 23.8. The number of carbonyl (C=O) groups excluding carboxylic acids is 2. The van der Waals surface area contributed by atoms with E-state index in [1.54, 1.807) is 42.6 Å². The zero-order valence-corrected chi connectivity index (χ0v) is 20.6. The molecule has 0 saturated heterocycles. The van der Waals surface area contributed by atoms with Crippen LogP contribution in [0.1, 0.15) is 49.5 Å². The Labute approximate surface area is 202 Å². The number of benzene rings is 2. The van der Waals surface area contributed by atoms with Gasteiger partial charge in [-0.05, 0) is 81.9 Å². The van der Waals surface area contributed by atoms with E-state index in [0.717, 1.165) is 10.2 Å². The number of hydrogen-bond acceptors (Lipinski definition) is 4. The highest BCUT2D eigenvalue weighted by Gasteiger charge is 2.15. The first-order valence-electron chi connectivity index (χ1n) is 10.8. The van der Waals surface area contributed by atoms with E-state index >= 15 is 0 Å². The minimum atomic E-state index is -0.237. The third-order valence-corrected chi connectivity index (χ3v) is 5.57. The summed E-state index contributed by atoms with van der Waals surface area (Å²) in [5.74, 6) is 0.444. The molecule has 2 N–H and O–H groups in total. The SMILES string of the molecule is CC(C)(C)c1ccc(OCCCC(=O)Nc2ccc(NC(=O)c3cccnc3)cc2)c(Br)c1. The van der Waals surface area contributed by atoms with Crippen LogP contribution in [0.25, 0.3) is 0 Å². The smallest absolute Gasteiger partial charge is 0.257 e. The van der Waals surface area contributed by atoms with E-state index in [9.17, 15) is 9.59 Å². The maximum absolute atomic E-state index is 12.2. The Morgan fingerprint density at radius 1 is 1.00 bits per heavy atom. The summed E-state index contributed by atoms with van der Waals surface area (Å²) in [5.41, 5.74) is 3.08. The molecule has 1 heterocycles. The van der Waals surface area contributed by atoms with Gasteiger partial charge in [-0.15, -0.1) is 0 Å². The third kappa shape index (κ3) is 7.43. The number of hydrogen-bond donors (Lipinski definition) is 2. The van der Waals surface area contributed by atoms with Crippen LogP contribution in [0, 0.1) is 0 Å². The van der Waals surface area contributed by atoms with Gasteiger partial charge in [0.05, 0.1) is 16.6 Å². The highest BCUT2D eigenvalue weighted by atomic mass is 79.9. The number of amides is 2. The van der Waals surface area contributed by atoms with Crippen molar-refractivity contribution in [2.45, 2.75) is 39.0 Å². The van der Waals surface area contributed by atoms with Crippen LogP contribution in [0.3, 0.4) is 0 Å². The molecular formula is C26H28BrN3O3. The van der Waals surface area contributed by atoms with Gasteiger partial charge in [-0.3, -0.25) is 14.6 Å². The molecule has 172 valence electrons. The molecule has 0 aliphatic rings. The number of carbonyl (C=O) groups is 2. The summed E-state index contributed by atoms with van der Waals surface area (Å²) in [7, 11) is 0. The number of aromatic nitrogens is 1. The Morgan fingerprint density at radius 3 is 2.30 bits per heavy atom. The molecule has 0 aliphatic heterocycles. The molecule has 7 heteroatoms. The van der Waals surface area contributed by atoms with E-state index < -0.39 is 0 Å². The van der Waals surface area contributed by atoms with E-state index in [1.807, 2.05) is 6.07 Å². The number of ether oxygens (including phenoxy) is 1. The second-order valence-corrected chi connectivity index (χ2v) is 9.52. The Hall–Kier alpha value is -3.19. The molecule has 3 rings (SSSR count). The predicted octanol–water partition coefficient (Wildman–Crippen LogP) is 6.19. The molecule has 2 amide bonds. The number of nitrogens with zero attached hydrogens (tertiary/aromatic N) is 1. The summed E-state index contributed by atoms with van der Waals surface area (Å²) in [6.45, 7) is 6.94. The zero-order valence-electron chi connectivity index (χ0n) is 19.0. The minimum Gasteiger partial charge on any atom is -0.492 e. The van der Waals surface area contributed by atoms with E-state index in [4.69, 9.17) is 4.74 Å². The maximum atomic E-state index is 12.2. The molecule has 0 spiro atoms. The Kier molecular flexibility index (Phi) is 8.22. The number of nitrogens with one attached hydrogen (secondary N) is 2. The van der Waals surface area contributed by atoms with Crippen molar-refractivity contribution in [3.8, 4) is 5.75 Å². The highest BCUT2D eigenvalue weighted by Crippen LogP contribution is 2.31. The fraction of sp³-hybridized carbons (Fsp3) is 0.269. The van der Waals surface area contributed by atoms with Gasteiger partial charge in [0.25, 0.3) is 5.91 Å². The molecule has 0 atom stereocenters. The molecule has 0 unspecified atom stereocenters. The van der Waals surface area contributed by atoms with Gasteiger partial charge in [0, 0.05) is 30.2 Å². The molecule has 0 fully saturated rings. The summed E-state index contributed by atoms with van der Waals surface area (Å²) >= 11 is 3.57. The van der Waals surface area contributed by atoms with Gasteiger partial charge in [0.15, 0.2) is 0 Å². The van der Waals surface area contributed by atoms with Crippen LogP contribution in [0.4, 0.5) is 11.4 Å². The number of anilines is 2. The average molecular weight is 510 g/mol. The van der Waals surface area contributed by atoms with Gasteiger partial charge >= 0.3 is 0 Å². The lowest BCUT2D eigenvalue weighted by molar-refractivity contribution is -0.116. The summed E-state index contributed by atoms with van der Waals surface area (Å²) in [4.78, 5) is 28.4. The molecule has 0 bridgehead atoms. The van der Waals surface area contributed by atoms with E-state index in [1.165, 1.54) is 11.8 Å². The Balaban J connectivity index is 1.41. The van der Waals surface area contributed by atoms with Crippen LogP contribution in [0.15, 0.2) is 71.5 Å². The quantitative estimate of drug-likeness (QED) is 0.354. The molecule has 2 aromatic carbocycles. The molecule has 0 saturated carbocycles. The monoisotopic (exact) mass is 509 g/mol. The molecule has 1 aromatic heterocycles. The second-order valence-electron chi connectivity index (χ2n) is 8.67. The Bertz CT molecular complexity index is 1090. The summed E-state index contributed by atoms with van der Waals surface area (Å²) in [6.07, 6.45) is 4.06. The van der Waals surface area contributed by atoms with Crippen LogP contribution in [-0.4, -0.2) is 23.4 Å². The van der Waals surface area contributed by atoms with E-state index in [0.29, 0.717) is 36.4 Å². The average Bonchev–Trinajstić information content (AvgIpc) is 2.78. The molecule has 0 aliphatic carbocycles. The van der Waals surface area contributed by atoms with Crippen molar-refractivity contribution in [3.63, 3.8) is 0 Å². The third-order valence-electron chi connectivity index (χ3n) is 4.95. The van der Waals surface area contributed by atoms with Crippen molar-refractivity contribution in [2.24, 2.45) is 0 Å². The van der Waals surface area contributed by atoms with Crippen LogP contribution in [-0.2, 0) is 10.2 Å². The first kappa shape index (κ1) is 24.5. The van der Waals surface area contributed by atoms with Crippen molar-refractivity contribution in [3.05, 3.63) is 82.6 Å². The number of halogens is 1. The van der Waals surface area contributed by atoms with Gasteiger partial charge in [-0.2, -0.15) is 0 Å². The van der Waals surface area contributed by atoms with Crippen molar-refractivity contribution in [2.75, 3.05) is 17.2 Å². The van der Waals surface area contributed by atoms with E-state index in [2.05, 4.69) is 64.5 Å². The van der Waals surface area contributed by atoms with Gasteiger partial charge in [0.1, 0.15) is 5.75 Å². The second kappa shape index (κ2) is 11.1. The van der Waals surface area contributed by atoms with Crippen LogP contribution in [0.2, 0.25) is 0 Å². The Morgan fingerprint density at radius 2 is 1.70 bits per heavy atom. The lowest BCUT2D eigenvalue weighted by atomic mass is 9.87. The summed E-state index contributed by atoms with van der Waals surface area (Å²) in [6, 6.07) is 16.5. The van der Waals surface area contributed by atoms with Crippen molar-refractivity contribution in [1.29, 1.82) is 0 Å². The molecule has 0 radical (unpaired) electrons. The first-order chi connectivity index (χ1) is 15.7. The molecule has 3 aromatic rings. The fourth-order valence-electron chi connectivity index (χ4n) is 3.06. The standard InChI is InChI=1S/C26H28BrN3O3/c1-26(2,3)19-8-13-23(22(27)16-19)33-15-5-7-24(31)29-20-9-11-21(12-10-20)30-25(32)18-6-4-14-28-17-18/h4,6,8-14,16-17H,5,7,15H2,1-3H3,(H,29,31)(H,30,32). The van der Waals surface area contributed by atoms with Crippen LogP contribution >= 0.6 is 15.9 Å². The molecule has 6 nitrogen and oxygen atoms in total. The highest BCUT2D eigenvalue weighted by molar-refractivity contribution is 9.10. The maximum Gasteiger partial charge on any atom is 0.257 e. The fourth-order valence-corrected chi connectivity index (χ4v) is 3.55. The minimum absolute atomic E-state index is 0.0717. The summed E-state index contributed by atoms with van der Waals surface area (Å²) < 4.78 is 6.73. The van der Waals surface area contributed by atoms with E-state index in [-0.39, 0.29) is 17.2 Å². The lowest BCUT2D eigenvalue weighted by Gasteiger charge is -2.20. The number of rotatable bonds is 8. The topological polar surface area (TPSA) is 80.3 Å². The van der Waals surface area contributed by atoms with Crippen molar-refractivity contribution >= 4 is 39.1 Å². The van der Waals surface area contributed by atoms with Gasteiger partial charge in [-0.1, -0.05) is 26.8 Å². The summed E-state index contributed by atoms with van der Waals surface area (Å²) in [5, 5.41) is 5.66. The van der Waals surface area contributed by atoms with Crippen LogP contribution in [0.5, 0.6) is 5.75 Å². The largest absolute Gasteiger partial charge is 0.492 e. The molecular weight excluding hydrogens is 482 g/mol. The lowest BCUT2D eigenvalue weighted by Crippen LogP contribution is -2.14. The normalized spacial score (nSPS) is 11.0. The number of pyridine rings is 1. The van der Waals surface area contributed by atoms with Gasteiger partial charge in [0.2, 0.25) is 5.91 Å². The van der Waals surface area contributed by atoms with Gasteiger partial charge in [-0.25, -0.2) is 0 Å².